The van der Waals surface area contributed by atoms with Crippen molar-refractivity contribution in [1.82, 2.24) is 15.6 Å². The van der Waals surface area contributed by atoms with Crippen molar-refractivity contribution in [3.8, 4) is 0 Å². The zero-order valence-corrected chi connectivity index (χ0v) is 15.8. The number of guanidine groups is 1. The lowest BCUT2D eigenvalue weighted by atomic mass is 10.0. The summed E-state index contributed by atoms with van der Waals surface area (Å²) >= 11 is 1.90. The number of hydrogen-bond acceptors (Lipinski definition) is 4. The predicted octanol–water partition coefficient (Wildman–Crippen LogP) is 3.35. The Morgan fingerprint density at radius 3 is 2.84 bits per heavy atom. The van der Waals surface area contributed by atoms with Gasteiger partial charge in [0.2, 0.25) is 0 Å². The quantitative estimate of drug-likeness (QED) is 0.560. The summed E-state index contributed by atoms with van der Waals surface area (Å²) in [6.07, 6.45) is 9.58. The van der Waals surface area contributed by atoms with Crippen LogP contribution in [0.5, 0.6) is 0 Å². The Morgan fingerprint density at radius 2 is 2.08 bits per heavy atom. The summed E-state index contributed by atoms with van der Waals surface area (Å²) in [6.45, 7) is 4.66. The molecule has 1 aliphatic carbocycles. The van der Waals surface area contributed by atoms with E-state index in [0.29, 0.717) is 0 Å². The Labute approximate surface area is 154 Å². The topological polar surface area (TPSA) is 62.5 Å². The molecule has 0 radical (unpaired) electrons. The van der Waals surface area contributed by atoms with Crippen molar-refractivity contribution in [2.45, 2.75) is 51.9 Å². The molecule has 2 heterocycles. The molecule has 0 saturated carbocycles. The highest BCUT2D eigenvalue weighted by Crippen LogP contribution is 2.26. The van der Waals surface area contributed by atoms with E-state index in [1.54, 1.807) is 6.26 Å². The molecule has 0 atom stereocenters. The average Bonchev–Trinajstić information content (AvgIpc) is 3.28. The second-order valence-corrected chi connectivity index (χ2v) is 7.52. The van der Waals surface area contributed by atoms with E-state index < -0.39 is 0 Å². The molecule has 0 spiro atoms. The molecule has 136 valence electrons. The number of aliphatic imine (C=N–C) groups is 1. The number of aryl methyl sites for hydroxylation is 2. The molecule has 0 unspecified atom stereocenters. The van der Waals surface area contributed by atoms with Gasteiger partial charge < -0.3 is 15.1 Å². The van der Waals surface area contributed by atoms with Crippen molar-refractivity contribution >= 4 is 17.3 Å². The number of fused-ring (bicyclic) bond motifs is 1. The van der Waals surface area contributed by atoms with E-state index in [9.17, 15) is 0 Å². The van der Waals surface area contributed by atoms with Crippen molar-refractivity contribution in [3.05, 3.63) is 39.7 Å². The Morgan fingerprint density at radius 1 is 1.24 bits per heavy atom. The normalized spacial score (nSPS) is 14.4. The van der Waals surface area contributed by atoms with E-state index in [0.717, 1.165) is 57.0 Å². The Bertz CT molecular complexity index is 640. The second-order valence-electron chi connectivity index (χ2n) is 6.35. The van der Waals surface area contributed by atoms with Gasteiger partial charge in [-0.05, 0) is 44.2 Å². The molecule has 2 aromatic rings. The third-order valence-corrected chi connectivity index (χ3v) is 5.48. The first-order valence-electron chi connectivity index (χ1n) is 9.37. The van der Waals surface area contributed by atoms with Gasteiger partial charge in [0.1, 0.15) is 5.76 Å². The number of nitrogens with one attached hydrogen (secondary N) is 2. The summed E-state index contributed by atoms with van der Waals surface area (Å²) < 4.78 is 5.37. The van der Waals surface area contributed by atoms with Crippen LogP contribution in [0.25, 0.3) is 0 Å². The molecular formula is C19H28N4OS. The van der Waals surface area contributed by atoms with E-state index in [1.807, 2.05) is 23.5 Å². The summed E-state index contributed by atoms with van der Waals surface area (Å²) in [6, 6.07) is 3.93. The summed E-state index contributed by atoms with van der Waals surface area (Å²) in [4.78, 5) is 10.9. The first kappa shape index (κ1) is 18.0. The fourth-order valence-corrected chi connectivity index (χ4v) is 4.11. The Hall–Kier alpha value is -1.82. The van der Waals surface area contributed by atoms with Gasteiger partial charge in [-0.1, -0.05) is 6.92 Å². The highest BCUT2D eigenvalue weighted by molar-refractivity contribution is 7.11. The van der Waals surface area contributed by atoms with Gasteiger partial charge >= 0.3 is 0 Å². The molecule has 0 bridgehead atoms. The van der Waals surface area contributed by atoms with Gasteiger partial charge in [-0.15, -0.1) is 11.3 Å². The lowest BCUT2D eigenvalue weighted by Gasteiger charge is -2.11. The fourth-order valence-electron chi connectivity index (χ4n) is 2.96. The van der Waals surface area contributed by atoms with Crippen LogP contribution in [-0.4, -0.2) is 30.6 Å². The molecule has 2 aromatic heterocycles. The number of aromatic nitrogens is 1. The fraction of sp³-hybridized carbons (Fsp3) is 0.579. The molecule has 1 aliphatic rings. The van der Waals surface area contributed by atoms with Gasteiger partial charge in [-0.3, -0.25) is 4.99 Å². The van der Waals surface area contributed by atoms with Gasteiger partial charge in [0.05, 0.1) is 17.0 Å². The van der Waals surface area contributed by atoms with Crippen LogP contribution in [0.1, 0.15) is 47.5 Å². The maximum atomic E-state index is 5.37. The maximum Gasteiger partial charge on any atom is 0.191 e. The molecule has 3 rings (SSSR count). The van der Waals surface area contributed by atoms with Gasteiger partial charge in [0, 0.05) is 37.4 Å². The SMILES string of the molecule is CCCN=C(NCCc1ccco1)NCCc1nc2c(s1)CCCC2. The van der Waals surface area contributed by atoms with E-state index >= 15 is 0 Å². The minimum atomic E-state index is 0.814. The lowest BCUT2D eigenvalue weighted by Crippen LogP contribution is -2.39. The lowest BCUT2D eigenvalue weighted by molar-refractivity contribution is 0.506. The molecule has 6 heteroatoms. The first-order valence-corrected chi connectivity index (χ1v) is 10.2. The van der Waals surface area contributed by atoms with Crippen LogP contribution in [0.3, 0.4) is 0 Å². The molecule has 0 fully saturated rings. The molecular weight excluding hydrogens is 332 g/mol. The smallest absolute Gasteiger partial charge is 0.191 e. The highest BCUT2D eigenvalue weighted by Gasteiger charge is 2.14. The second kappa shape index (κ2) is 9.61. The molecule has 0 aliphatic heterocycles. The number of rotatable bonds is 8. The predicted molar refractivity (Wildman–Crippen MR) is 103 cm³/mol. The van der Waals surface area contributed by atoms with Crippen LogP contribution in [-0.2, 0) is 25.7 Å². The van der Waals surface area contributed by atoms with Crippen molar-refractivity contribution in [3.63, 3.8) is 0 Å². The summed E-state index contributed by atoms with van der Waals surface area (Å²) in [5.41, 5.74) is 1.35. The van der Waals surface area contributed by atoms with Crippen LogP contribution >= 0.6 is 11.3 Å². The number of hydrogen-bond donors (Lipinski definition) is 2. The minimum Gasteiger partial charge on any atom is -0.469 e. The van der Waals surface area contributed by atoms with Crippen molar-refractivity contribution in [1.29, 1.82) is 0 Å². The zero-order chi connectivity index (χ0) is 17.3. The monoisotopic (exact) mass is 360 g/mol. The van der Waals surface area contributed by atoms with E-state index in [1.165, 1.54) is 34.8 Å². The third-order valence-electron chi connectivity index (χ3n) is 4.26. The van der Waals surface area contributed by atoms with Crippen molar-refractivity contribution < 1.29 is 4.42 Å². The molecule has 2 N–H and O–H groups in total. The van der Waals surface area contributed by atoms with Gasteiger partial charge in [0.25, 0.3) is 0 Å². The molecule has 0 aromatic carbocycles. The van der Waals surface area contributed by atoms with Gasteiger partial charge in [-0.2, -0.15) is 0 Å². The Balaban J connectivity index is 1.44. The van der Waals surface area contributed by atoms with Crippen molar-refractivity contribution in [2.24, 2.45) is 4.99 Å². The molecule has 0 saturated heterocycles. The molecule has 5 nitrogen and oxygen atoms in total. The molecule has 0 amide bonds. The highest BCUT2D eigenvalue weighted by atomic mass is 32.1. The van der Waals surface area contributed by atoms with Gasteiger partial charge in [0.15, 0.2) is 5.96 Å². The molecule has 25 heavy (non-hydrogen) atoms. The third kappa shape index (κ3) is 5.59. The summed E-state index contributed by atoms with van der Waals surface area (Å²) in [7, 11) is 0. The zero-order valence-electron chi connectivity index (χ0n) is 15.0. The van der Waals surface area contributed by atoms with E-state index in [2.05, 4.69) is 22.5 Å². The standard InChI is InChI=1S/C19H28N4OS/c1-2-11-20-19(21-12-9-15-6-5-14-24-15)22-13-10-18-23-16-7-3-4-8-17(16)25-18/h5-6,14H,2-4,7-13H2,1H3,(H2,20,21,22). The van der Waals surface area contributed by atoms with Crippen LogP contribution in [0.2, 0.25) is 0 Å². The minimum absolute atomic E-state index is 0.814. The van der Waals surface area contributed by atoms with Gasteiger partial charge in [-0.25, -0.2) is 4.98 Å². The average molecular weight is 361 g/mol. The Kier molecular flexibility index (Phi) is 6.91. The van der Waals surface area contributed by atoms with Crippen molar-refractivity contribution in [2.75, 3.05) is 19.6 Å². The van der Waals surface area contributed by atoms with E-state index in [4.69, 9.17) is 9.40 Å². The van der Waals surface area contributed by atoms with Crippen LogP contribution in [0.15, 0.2) is 27.8 Å². The first-order chi connectivity index (χ1) is 12.3. The van der Waals surface area contributed by atoms with Crippen LogP contribution in [0, 0.1) is 0 Å². The number of furan rings is 1. The van der Waals surface area contributed by atoms with Crippen LogP contribution in [0.4, 0.5) is 0 Å². The maximum absolute atomic E-state index is 5.37. The summed E-state index contributed by atoms with van der Waals surface area (Å²) in [5.74, 6) is 1.88. The number of thiazole rings is 1. The summed E-state index contributed by atoms with van der Waals surface area (Å²) in [5, 5.41) is 8.08. The number of nitrogens with zero attached hydrogens (tertiary/aromatic N) is 2. The largest absolute Gasteiger partial charge is 0.469 e. The van der Waals surface area contributed by atoms with E-state index in [-0.39, 0.29) is 0 Å². The van der Waals surface area contributed by atoms with Crippen LogP contribution < -0.4 is 10.6 Å².